The summed E-state index contributed by atoms with van der Waals surface area (Å²) in [6.07, 6.45) is 1.74. The van der Waals surface area contributed by atoms with Gasteiger partial charge in [0.2, 0.25) is 6.79 Å². The average molecular weight is 401 g/mol. The molecule has 0 aromatic heterocycles. The fourth-order valence-corrected chi connectivity index (χ4v) is 4.96. The van der Waals surface area contributed by atoms with Crippen molar-refractivity contribution >= 4 is 36.1 Å². The van der Waals surface area contributed by atoms with E-state index in [0.717, 1.165) is 16.7 Å². The van der Waals surface area contributed by atoms with Gasteiger partial charge in [0.25, 0.3) is 5.91 Å². The normalized spacial score (nSPS) is 16.4. The Bertz CT molecular complexity index is 1070. The number of carbonyl (C=O) groups is 1. The first kappa shape index (κ1) is 18.7. The van der Waals surface area contributed by atoms with Gasteiger partial charge in [-0.3, -0.25) is 9.36 Å². The number of hydrogen-bond donors (Lipinski definition) is 1. The van der Waals surface area contributed by atoms with Crippen LogP contribution in [0.2, 0.25) is 0 Å². The quantitative estimate of drug-likeness (QED) is 0.622. The summed E-state index contributed by atoms with van der Waals surface area (Å²) in [7, 11) is -0.916. The van der Waals surface area contributed by atoms with Crippen molar-refractivity contribution in [3.05, 3.63) is 46.5 Å². The zero-order valence-electron chi connectivity index (χ0n) is 16.0. The fourth-order valence-electron chi connectivity index (χ4n) is 3.54. The van der Waals surface area contributed by atoms with Crippen LogP contribution in [0.4, 0.5) is 5.69 Å². The highest BCUT2D eigenvalue weighted by molar-refractivity contribution is 7.62. The topological polar surface area (TPSA) is 83.1 Å². The van der Waals surface area contributed by atoms with Gasteiger partial charge in [-0.2, -0.15) is 0 Å². The molecule has 8 heteroatoms. The Hall–Kier alpha value is -2.60. The molecule has 0 fully saturated rings. The molecule has 0 unspecified atom stereocenters. The molecule has 7 nitrogen and oxygen atoms in total. The third kappa shape index (κ3) is 2.92. The first-order valence-corrected chi connectivity index (χ1v) is 10.2. The van der Waals surface area contributed by atoms with E-state index in [2.05, 4.69) is 5.32 Å². The van der Waals surface area contributed by atoms with Crippen molar-refractivity contribution in [1.29, 1.82) is 0 Å². The summed E-state index contributed by atoms with van der Waals surface area (Å²) in [6.45, 7) is 3.94. The predicted molar refractivity (Wildman–Crippen MR) is 106 cm³/mol. The molecule has 0 bridgehead atoms. The van der Waals surface area contributed by atoms with E-state index in [9.17, 15) is 9.36 Å². The largest absolute Gasteiger partial charge is 0.454 e. The Morgan fingerprint density at radius 3 is 2.57 bits per heavy atom. The maximum atomic E-state index is 13.1. The molecule has 2 aliphatic rings. The van der Waals surface area contributed by atoms with E-state index in [4.69, 9.17) is 18.5 Å². The highest BCUT2D eigenvalue weighted by atomic mass is 31.2. The molecule has 2 heterocycles. The maximum absolute atomic E-state index is 13.1. The molecule has 0 atom stereocenters. The number of hydrogen-bond acceptors (Lipinski definition) is 6. The highest BCUT2D eigenvalue weighted by Crippen LogP contribution is 2.50. The standard InChI is InChI=1S/C20H20NO6P/c1-11-5-15-18(17(6-11)28(23,24-3)25-4)14(20(22)21-15)8-13-7-12(2)19-16(9-13)26-10-27-19/h5-9H,10H2,1-4H3,(H,21,22)/b14-8-. The molecule has 4 rings (SSSR count). The molecule has 1 amide bonds. The summed E-state index contributed by atoms with van der Waals surface area (Å²) < 4.78 is 34.4. The van der Waals surface area contributed by atoms with Crippen LogP contribution in [0.15, 0.2) is 24.3 Å². The van der Waals surface area contributed by atoms with Gasteiger partial charge < -0.3 is 23.8 Å². The van der Waals surface area contributed by atoms with E-state index in [1.165, 1.54) is 14.2 Å². The van der Waals surface area contributed by atoms with Gasteiger partial charge in [0.05, 0.1) is 16.6 Å². The van der Waals surface area contributed by atoms with Gasteiger partial charge in [-0.25, -0.2) is 0 Å². The number of ether oxygens (including phenoxy) is 2. The predicted octanol–water partition coefficient (Wildman–Crippen LogP) is 3.64. The Morgan fingerprint density at radius 2 is 1.86 bits per heavy atom. The van der Waals surface area contributed by atoms with Gasteiger partial charge in [-0.05, 0) is 60.9 Å². The van der Waals surface area contributed by atoms with Gasteiger partial charge in [0, 0.05) is 19.8 Å². The molecule has 0 radical (unpaired) electrons. The number of benzene rings is 2. The molecular formula is C20H20NO6P. The van der Waals surface area contributed by atoms with Crippen LogP contribution in [0.1, 0.15) is 22.3 Å². The SMILES string of the molecule is COP(=O)(OC)c1cc(C)cc2c1/C(=C/c1cc(C)c3c(c1)OCO3)C(=O)N2. The second-order valence-corrected chi connectivity index (χ2v) is 8.86. The first-order valence-electron chi connectivity index (χ1n) is 8.66. The van der Waals surface area contributed by atoms with Crippen LogP contribution < -0.4 is 20.1 Å². The Labute approximate surface area is 162 Å². The van der Waals surface area contributed by atoms with Gasteiger partial charge in [-0.1, -0.05) is 0 Å². The lowest BCUT2D eigenvalue weighted by Crippen LogP contribution is -2.13. The number of nitrogens with one attached hydrogen (secondary N) is 1. The van der Waals surface area contributed by atoms with Crippen molar-refractivity contribution in [1.82, 2.24) is 0 Å². The number of amides is 1. The second-order valence-electron chi connectivity index (χ2n) is 6.65. The Kier molecular flexibility index (Phi) is 4.54. The van der Waals surface area contributed by atoms with Gasteiger partial charge in [-0.15, -0.1) is 0 Å². The van der Waals surface area contributed by atoms with E-state index < -0.39 is 7.60 Å². The van der Waals surface area contributed by atoms with E-state index in [0.29, 0.717) is 33.6 Å². The monoisotopic (exact) mass is 401 g/mol. The number of carbonyl (C=O) groups excluding carboxylic acids is 1. The summed E-state index contributed by atoms with van der Waals surface area (Å²) >= 11 is 0. The van der Waals surface area contributed by atoms with Crippen molar-refractivity contribution in [2.24, 2.45) is 0 Å². The number of fused-ring (bicyclic) bond motifs is 2. The lowest BCUT2D eigenvalue weighted by molar-refractivity contribution is -0.110. The van der Waals surface area contributed by atoms with Gasteiger partial charge >= 0.3 is 7.60 Å². The molecule has 0 saturated carbocycles. The molecule has 2 aromatic rings. The zero-order chi connectivity index (χ0) is 20.1. The zero-order valence-corrected chi connectivity index (χ0v) is 16.9. The molecule has 1 N–H and O–H groups in total. The molecule has 2 aliphatic heterocycles. The average Bonchev–Trinajstić information content (AvgIpc) is 3.25. The van der Waals surface area contributed by atoms with Crippen molar-refractivity contribution in [2.45, 2.75) is 13.8 Å². The van der Waals surface area contributed by atoms with E-state index in [-0.39, 0.29) is 12.7 Å². The minimum absolute atomic E-state index is 0.174. The molecule has 0 spiro atoms. The van der Waals surface area contributed by atoms with Crippen LogP contribution >= 0.6 is 7.60 Å². The summed E-state index contributed by atoms with van der Waals surface area (Å²) in [4.78, 5) is 12.7. The minimum Gasteiger partial charge on any atom is -0.454 e. The summed E-state index contributed by atoms with van der Waals surface area (Å²) in [6, 6.07) is 7.28. The summed E-state index contributed by atoms with van der Waals surface area (Å²) in [5, 5.41) is 3.20. The van der Waals surface area contributed by atoms with E-state index in [1.807, 2.05) is 32.0 Å². The lowest BCUT2D eigenvalue weighted by atomic mass is 10.0. The van der Waals surface area contributed by atoms with Crippen molar-refractivity contribution < 1.29 is 27.9 Å². The number of rotatable bonds is 4. The highest BCUT2D eigenvalue weighted by Gasteiger charge is 2.36. The van der Waals surface area contributed by atoms with Crippen molar-refractivity contribution in [3.8, 4) is 11.5 Å². The third-order valence-corrected chi connectivity index (χ3v) is 6.70. The Morgan fingerprint density at radius 1 is 1.11 bits per heavy atom. The van der Waals surface area contributed by atoms with Gasteiger partial charge in [0.1, 0.15) is 0 Å². The van der Waals surface area contributed by atoms with Crippen LogP contribution in [0, 0.1) is 13.8 Å². The van der Waals surface area contributed by atoms with Crippen LogP contribution in [0.3, 0.4) is 0 Å². The minimum atomic E-state index is -3.57. The summed E-state index contributed by atoms with van der Waals surface area (Å²) in [5.74, 6) is 1.06. The van der Waals surface area contributed by atoms with Crippen LogP contribution in [0.25, 0.3) is 11.6 Å². The lowest BCUT2D eigenvalue weighted by Gasteiger charge is -2.18. The van der Waals surface area contributed by atoms with Gasteiger partial charge in [0.15, 0.2) is 11.5 Å². The molecule has 0 aliphatic carbocycles. The smallest absolute Gasteiger partial charge is 0.361 e. The molecule has 28 heavy (non-hydrogen) atoms. The maximum Gasteiger partial charge on any atom is 0.361 e. The fraction of sp³-hybridized carbons (Fsp3) is 0.250. The van der Waals surface area contributed by atoms with Crippen molar-refractivity contribution in [3.63, 3.8) is 0 Å². The number of aryl methyl sites for hydroxylation is 2. The molecular weight excluding hydrogens is 381 g/mol. The number of anilines is 1. The van der Waals surface area contributed by atoms with E-state index >= 15 is 0 Å². The molecule has 2 aromatic carbocycles. The third-order valence-electron chi connectivity index (χ3n) is 4.79. The van der Waals surface area contributed by atoms with Crippen LogP contribution in [-0.4, -0.2) is 26.9 Å². The second kappa shape index (κ2) is 6.78. The van der Waals surface area contributed by atoms with Crippen LogP contribution in [-0.2, 0) is 18.4 Å². The first-order chi connectivity index (χ1) is 13.4. The molecule has 146 valence electrons. The van der Waals surface area contributed by atoms with E-state index in [1.54, 1.807) is 12.1 Å². The molecule has 0 saturated heterocycles. The van der Waals surface area contributed by atoms with Crippen molar-refractivity contribution in [2.75, 3.05) is 26.3 Å². The Balaban J connectivity index is 1.91. The van der Waals surface area contributed by atoms with Crippen LogP contribution in [0.5, 0.6) is 11.5 Å². The summed E-state index contributed by atoms with van der Waals surface area (Å²) in [5.41, 5.74) is 4.01.